The number of benzene rings is 1. The summed E-state index contributed by atoms with van der Waals surface area (Å²) in [5.74, 6) is 0.568. The summed E-state index contributed by atoms with van der Waals surface area (Å²) in [5, 5.41) is 7.44. The molecule has 0 aliphatic carbocycles. The van der Waals surface area contributed by atoms with Gasteiger partial charge in [0.05, 0.1) is 29.1 Å². The molecule has 3 aromatic heterocycles. The zero-order chi connectivity index (χ0) is 17.6. The number of halogens is 2. The highest BCUT2D eigenvalue weighted by Crippen LogP contribution is 2.20. The lowest BCUT2D eigenvalue weighted by Gasteiger charge is -2.06. The molecule has 0 spiro atoms. The largest absolute Gasteiger partial charge is 0.360 e. The molecular formula is C14H11BrFN7OS. The minimum absolute atomic E-state index is 0.171. The van der Waals surface area contributed by atoms with E-state index in [0.29, 0.717) is 27.4 Å². The molecule has 0 bridgehead atoms. The molecule has 11 heteroatoms. The summed E-state index contributed by atoms with van der Waals surface area (Å²) >= 11 is 3.33. The SMILES string of the molecule is CS(=O)c1nc(NCc2nc3c(F)cccc3[nH]2)c2ncc(Br)n2n1. The Kier molecular flexibility index (Phi) is 3.96. The Bertz CT molecular complexity index is 1130. The Balaban J connectivity index is 1.70. The molecule has 0 aliphatic rings. The van der Waals surface area contributed by atoms with Gasteiger partial charge in [0.15, 0.2) is 17.3 Å². The Labute approximate surface area is 151 Å². The van der Waals surface area contributed by atoms with Crippen LogP contribution >= 0.6 is 15.9 Å². The standard InChI is InChI=1S/C14H11BrFN7OS/c1-25(24)14-21-12(13-18-5-9(15)23(13)22-14)17-6-10-19-8-4-2-3-7(16)11(8)20-10/h2-5H,6H2,1H3,(H,19,20)(H,17,21,22). The van der Waals surface area contributed by atoms with Gasteiger partial charge in [0.1, 0.15) is 15.9 Å². The molecule has 8 nitrogen and oxygen atoms in total. The molecule has 0 amide bonds. The van der Waals surface area contributed by atoms with Crippen molar-refractivity contribution in [2.45, 2.75) is 11.7 Å². The average molecular weight is 424 g/mol. The Hall–Kier alpha value is -2.40. The quantitative estimate of drug-likeness (QED) is 0.521. The van der Waals surface area contributed by atoms with E-state index in [2.05, 4.69) is 46.3 Å². The number of fused-ring (bicyclic) bond motifs is 2. The number of hydrogen-bond donors (Lipinski definition) is 2. The van der Waals surface area contributed by atoms with Crippen LogP contribution in [0.4, 0.5) is 10.2 Å². The van der Waals surface area contributed by atoms with Gasteiger partial charge < -0.3 is 10.3 Å². The molecule has 4 rings (SSSR count). The van der Waals surface area contributed by atoms with E-state index in [1.165, 1.54) is 16.8 Å². The number of rotatable bonds is 4. The molecule has 1 atom stereocenters. The number of aromatic amines is 1. The summed E-state index contributed by atoms with van der Waals surface area (Å²) in [6.07, 6.45) is 3.08. The van der Waals surface area contributed by atoms with Crippen LogP contribution in [0.1, 0.15) is 5.82 Å². The molecule has 0 fully saturated rings. The third-order valence-corrected chi connectivity index (χ3v) is 4.72. The van der Waals surface area contributed by atoms with Gasteiger partial charge in [-0.1, -0.05) is 6.07 Å². The number of H-pyrrole nitrogens is 1. The van der Waals surface area contributed by atoms with E-state index in [1.54, 1.807) is 18.3 Å². The van der Waals surface area contributed by atoms with Crippen molar-refractivity contribution >= 4 is 49.2 Å². The van der Waals surface area contributed by atoms with Crippen molar-refractivity contribution in [1.82, 2.24) is 29.5 Å². The molecule has 3 heterocycles. The zero-order valence-corrected chi connectivity index (χ0v) is 15.2. The molecular weight excluding hydrogens is 413 g/mol. The van der Waals surface area contributed by atoms with E-state index in [0.717, 1.165) is 0 Å². The fourth-order valence-corrected chi connectivity index (χ4v) is 3.14. The second-order valence-corrected chi connectivity index (χ2v) is 7.27. The number of hydrogen-bond acceptors (Lipinski definition) is 6. The Morgan fingerprint density at radius 2 is 2.24 bits per heavy atom. The molecule has 0 saturated heterocycles. The lowest BCUT2D eigenvalue weighted by atomic mass is 10.3. The normalized spacial score (nSPS) is 12.8. The van der Waals surface area contributed by atoms with Gasteiger partial charge >= 0.3 is 0 Å². The second-order valence-electron chi connectivity index (χ2n) is 5.19. The maximum atomic E-state index is 13.7. The first-order chi connectivity index (χ1) is 12.0. The van der Waals surface area contributed by atoms with E-state index in [9.17, 15) is 8.60 Å². The summed E-state index contributed by atoms with van der Waals surface area (Å²) in [7, 11) is -1.36. The first kappa shape index (κ1) is 16.1. The van der Waals surface area contributed by atoms with Gasteiger partial charge in [-0.2, -0.15) is 4.98 Å². The topological polar surface area (TPSA) is 101 Å². The second kappa shape index (κ2) is 6.15. The first-order valence-electron chi connectivity index (χ1n) is 7.14. The Morgan fingerprint density at radius 1 is 1.40 bits per heavy atom. The van der Waals surface area contributed by atoms with Crippen molar-refractivity contribution in [1.29, 1.82) is 0 Å². The van der Waals surface area contributed by atoms with Crippen LogP contribution < -0.4 is 5.32 Å². The van der Waals surface area contributed by atoms with Crippen LogP contribution in [-0.2, 0) is 17.3 Å². The highest BCUT2D eigenvalue weighted by Gasteiger charge is 2.14. The van der Waals surface area contributed by atoms with Gasteiger partial charge in [0, 0.05) is 6.26 Å². The van der Waals surface area contributed by atoms with Crippen molar-refractivity contribution in [3.8, 4) is 0 Å². The molecule has 4 aromatic rings. The number of imidazole rings is 2. The van der Waals surface area contributed by atoms with E-state index in [1.807, 2.05) is 0 Å². The van der Waals surface area contributed by atoms with Gasteiger partial charge in [0.2, 0.25) is 5.16 Å². The molecule has 128 valence electrons. The van der Waals surface area contributed by atoms with E-state index in [4.69, 9.17) is 0 Å². The van der Waals surface area contributed by atoms with Crippen molar-refractivity contribution in [2.75, 3.05) is 11.6 Å². The summed E-state index contributed by atoms with van der Waals surface area (Å²) in [6.45, 7) is 0.265. The average Bonchev–Trinajstić information content (AvgIpc) is 3.17. The van der Waals surface area contributed by atoms with Crippen LogP contribution in [0.3, 0.4) is 0 Å². The number of aromatic nitrogens is 6. The molecule has 1 unspecified atom stereocenters. The minimum Gasteiger partial charge on any atom is -0.360 e. The van der Waals surface area contributed by atoms with Crippen LogP contribution in [0.5, 0.6) is 0 Å². The van der Waals surface area contributed by atoms with Crippen molar-refractivity contribution in [3.05, 3.63) is 40.6 Å². The molecule has 0 saturated carbocycles. The predicted octanol–water partition coefficient (Wildman–Crippen LogP) is 2.25. The zero-order valence-electron chi connectivity index (χ0n) is 12.8. The number of para-hydroxylation sites is 1. The van der Waals surface area contributed by atoms with Gasteiger partial charge in [0.25, 0.3) is 0 Å². The third kappa shape index (κ3) is 2.89. The molecule has 25 heavy (non-hydrogen) atoms. The van der Waals surface area contributed by atoms with E-state index < -0.39 is 10.8 Å². The first-order valence-corrected chi connectivity index (χ1v) is 9.49. The van der Waals surface area contributed by atoms with Crippen LogP contribution in [-0.4, -0.2) is 40.0 Å². The highest BCUT2D eigenvalue weighted by molar-refractivity contribution is 9.10. The van der Waals surface area contributed by atoms with Crippen LogP contribution in [0.2, 0.25) is 0 Å². The van der Waals surface area contributed by atoms with Crippen molar-refractivity contribution in [2.24, 2.45) is 0 Å². The molecule has 1 aromatic carbocycles. The smallest absolute Gasteiger partial charge is 0.239 e. The maximum Gasteiger partial charge on any atom is 0.239 e. The highest BCUT2D eigenvalue weighted by atomic mass is 79.9. The predicted molar refractivity (Wildman–Crippen MR) is 94.2 cm³/mol. The van der Waals surface area contributed by atoms with Crippen molar-refractivity contribution in [3.63, 3.8) is 0 Å². The van der Waals surface area contributed by atoms with Crippen LogP contribution in [0, 0.1) is 5.82 Å². The van der Waals surface area contributed by atoms with Gasteiger partial charge in [-0.05, 0) is 28.1 Å². The summed E-state index contributed by atoms with van der Waals surface area (Å²) in [4.78, 5) is 15.8. The number of anilines is 1. The molecule has 0 aliphatic heterocycles. The minimum atomic E-state index is -1.36. The summed E-state index contributed by atoms with van der Waals surface area (Å²) in [5.41, 5.74) is 1.37. The maximum absolute atomic E-state index is 13.7. The number of nitrogens with one attached hydrogen (secondary N) is 2. The Morgan fingerprint density at radius 3 is 3.00 bits per heavy atom. The van der Waals surface area contributed by atoms with Crippen LogP contribution in [0.25, 0.3) is 16.7 Å². The van der Waals surface area contributed by atoms with Gasteiger partial charge in [-0.3, -0.25) is 4.21 Å². The molecule has 0 radical (unpaired) electrons. The lowest BCUT2D eigenvalue weighted by Crippen LogP contribution is -2.10. The monoisotopic (exact) mass is 423 g/mol. The van der Waals surface area contributed by atoms with Gasteiger partial charge in [-0.25, -0.2) is 18.9 Å². The fourth-order valence-electron chi connectivity index (χ4n) is 2.37. The fraction of sp³-hybridized carbons (Fsp3) is 0.143. The number of nitrogens with zero attached hydrogens (tertiary/aromatic N) is 5. The summed E-state index contributed by atoms with van der Waals surface area (Å²) < 4.78 is 27.6. The van der Waals surface area contributed by atoms with Gasteiger partial charge in [-0.15, -0.1) is 5.10 Å². The lowest BCUT2D eigenvalue weighted by molar-refractivity contribution is 0.637. The molecule has 2 N–H and O–H groups in total. The summed E-state index contributed by atoms with van der Waals surface area (Å²) in [6, 6.07) is 4.73. The van der Waals surface area contributed by atoms with E-state index >= 15 is 0 Å². The van der Waals surface area contributed by atoms with E-state index in [-0.39, 0.29) is 23.0 Å². The van der Waals surface area contributed by atoms with Crippen molar-refractivity contribution < 1.29 is 8.60 Å². The van der Waals surface area contributed by atoms with Crippen LogP contribution in [0.15, 0.2) is 34.2 Å². The third-order valence-electron chi connectivity index (χ3n) is 3.49.